The van der Waals surface area contributed by atoms with Crippen molar-refractivity contribution in [1.29, 1.82) is 0 Å². The van der Waals surface area contributed by atoms with E-state index in [0.29, 0.717) is 18.2 Å². The van der Waals surface area contributed by atoms with Crippen molar-refractivity contribution in [2.75, 3.05) is 5.73 Å². The van der Waals surface area contributed by atoms with Gasteiger partial charge in [0.1, 0.15) is 12.1 Å². The number of anilines is 1. The molecule has 5 rings (SSSR count). The van der Waals surface area contributed by atoms with Crippen LogP contribution in [0.15, 0.2) is 24.5 Å². The highest BCUT2D eigenvalue weighted by Gasteiger charge is 2.38. The van der Waals surface area contributed by atoms with Crippen molar-refractivity contribution >= 4 is 22.5 Å². The summed E-state index contributed by atoms with van der Waals surface area (Å²) in [6.45, 7) is 4.31. The molecule has 27 heavy (non-hydrogen) atoms. The van der Waals surface area contributed by atoms with Gasteiger partial charge in [-0.3, -0.25) is 4.79 Å². The van der Waals surface area contributed by atoms with Gasteiger partial charge < -0.3 is 5.73 Å². The van der Waals surface area contributed by atoms with Crippen LogP contribution in [-0.4, -0.2) is 25.5 Å². The first kappa shape index (κ1) is 16.4. The summed E-state index contributed by atoms with van der Waals surface area (Å²) in [5.41, 5.74) is 10.5. The maximum atomic E-state index is 12.9. The summed E-state index contributed by atoms with van der Waals surface area (Å²) in [5, 5.41) is 5.74. The third-order valence-corrected chi connectivity index (χ3v) is 5.69. The molecule has 138 valence electrons. The van der Waals surface area contributed by atoms with Gasteiger partial charge in [0.2, 0.25) is 0 Å². The quantitative estimate of drug-likeness (QED) is 0.771. The number of ketones is 1. The highest BCUT2D eigenvalue weighted by Crippen LogP contribution is 2.40. The summed E-state index contributed by atoms with van der Waals surface area (Å²) >= 11 is 0. The van der Waals surface area contributed by atoms with Crippen molar-refractivity contribution in [3.63, 3.8) is 0 Å². The fourth-order valence-corrected chi connectivity index (χ4v) is 4.18. The highest BCUT2D eigenvalue weighted by molar-refractivity contribution is 6.00. The van der Waals surface area contributed by atoms with Gasteiger partial charge in [-0.25, -0.2) is 14.6 Å². The minimum Gasteiger partial charge on any atom is -0.383 e. The molecule has 1 fully saturated rings. The Labute approximate surface area is 157 Å². The van der Waals surface area contributed by atoms with E-state index in [1.54, 1.807) is 0 Å². The molecule has 3 aromatic rings. The number of nitrogens with zero attached hydrogens (tertiary/aromatic N) is 4. The summed E-state index contributed by atoms with van der Waals surface area (Å²) in [6, 6.07) is 5.90. The molecule has 6 heteroatoms. The molecule has 0 radical (unpaired) electrons. The molecule has 6 nitrogen and oxygen atoms in total. The minimum atomic E-state index is -0.0534. The van der Waals surface area contributed by atoms with E-state index >= 15 is 0 Å². The van der Waals surface area contributed by atoms with Gasteiger partial charge in [-0.05, 0) is 55.2 Å². The largest absolute Gasteiger partial charge is 0.383 e. The lowest BCUT2D eigenvalue weighted by Gasteiger charge is -2.29. The molecular formula is C21H23N5O. The molecule has 1 aromatic carbocycles. The van der Waals surface area contributed by atoms with E-state index in [-0.39, 0.29) is 11.2 Å². The number of aromatic nitrogens is 4. The van der Waals surface area contributed by atoms with Crippen molar-refractivity contribution in [2.45, 2.75) is 46.0 Å². The zero-order chi connectivity index (χ0) is 18.8. The number of carbonyl (C=O) groups excluding carboxylic acids is 1. The van der Waals surface area contributed by atoms with E-state index in [2.05, 4.69) is 23.8 Å². The van der Waals surface area contributed by atoms with Crippen LogP contribution >= 0.6 is 0 Å². The third-order valence-electron chi connectivity index (χ3n) is 5.69. The topological polar surface area (TPSA) is 86.7 Å². The number of rotatable bonds is 3. The maximum Gasteiger partial charge on any atom is 0.167 e. The molecule has 0 aliphatic heterocycles. The van der Waals surface area contributed by atoms with Gasteiger partial charge in [0.05, 0.1) is 28.2 Å². The first-order valence-corrected chi connectivity index (χ1v) is 9.56. The maximum absolute atomic E-state index is 12.9. The molecule has 0 bridgehead atoms. The zero-order valence-electron chi connectivity index (χ0n) is 15.7. The summed E-state index contributed by atoms with van der Waals surface area (Å²) < 4.78 is 1.96. The van der Waals surface area contributed by atoms with E-state index in [1.165, 1.54) is 19.2 Å². The Morgan fingerprint density at radius 1 is 1.22 bits per heavy atom. The molecule has 0 spiro atoms. The first-order chi connectivity index (χ1) is 12.9. The molecule has 2 N–H and O–H groups in total. The molecule has 2 aliphatic carbocycles. The van der Waals surface area contributed by atoms with Crippen molar-refractivity contribution < 1.29 is 4.79 Å². The van der Waals surface area contributed by atoms with E-state index in [9.17, 15) is 4.79 Å². The molecule has 2 heterocycles. The van der Waals surface area contributed by atoms with Crippen LogP contribution < -0.4 is 5.73 Å². The predicted molar refractivity (Wildman–Crippen MR) is 104 cm³/mol. The average Bonchev–Trinajstić information content (AvgIpc) is 3.34. The van der Waals surface area contributed by atoms with Crippen LogP contribution in [0.3, 0.4) is 0 Å². The molecule has 0 unspecified atom stereocenters. The zero-order valence-corrected chi connectivity index (χ0v) is 15.7. The molecule has 2 aliphatic rings. The lowest BCUT2D eigenvalue weighted by molar-refractivity contribution is 0.0910. The second-order valence-corrected chi connectivity index (χ2v) is 8.73. The van der Waals surface area contributed by atoms with Crippen molar-refractivity contribution in [3.8, 4) is 5.69 Å². The van der Waals surface area contributed by atoms with E-state index in [1.807, 2.05) is 22.9 Å². The van der Waals surface area contributed by atoms with Gasteiger partial charge in [-0.15, -0.1) is 0 Å². The summed E-state index contributed by atoms with van der Waals surface area (Å²) in [6.07, 6.45) is 6.30. The molecule has 0 atom stereocenters. The second-order valence-electron chi connectivity index (χ2n) is 8.73. The average molecular weight is 361 g/mol. The highest BCUT2D eigenvalue weighted by atomic mass is 16.1. The molecule has 2 aromatic heterocycles. The summed E-state index contributed by atoms with van der Waals surface area (Å²) in [4.78, 5) is 21.3. The molecular weight excluding hydrogens is 338 g/mol. The van der Waals surface area contributed by atoms with Crippen molar-refractivity contribution in [3.05, 3.63) is 41.5 Å². The van der Waals surface area contributed by atoms with Gasteiger partial charge in [0.25, 0.3) is 0 Å². The molecule has 0 amide bonds. The minimum absolute atomic E-state index is 0.0534. The number of nitrogens with two attached hydrogens (primary N) is 1. The number of fused-ring (bicyclic) bond motifs is 2. The van der Waals surface area contributed by atoms with Crippen LogP contribution in [0.2, 0.25) is 0 Å². The fraction of sp³-hybridized carbons (Fsp3) is 0.429. The van der Waals surface area contributed by atoms with Crippen LogP contribution in [0.25, 0.3) is 16.6 Å². The van der Waals surface area contributed by atoms with Gasteiger partial charge in [0, 0.05) is 11.8 Å². The predicted octanol–water partition coefficient (Wildman–Crippen LogP) is 3.51. The van der Waals surface area contributed by atoms with E-state index in [0.717, 1.165) is 46.4 Å². The number of hydrogen-bond acceptors (Lipinski definition) is 5. The van der Waals surface area contributed by atoms with Crippen LogP contribution in [0.4, 0.5) is 5.82 Å². The van der Waals surface area contributed by atoms with Gasteiger partial charge in [-0.1, -0.05) is 13.8 Å². The number of Topliss-reactive ketones (excluding diaryl/α,β-unsaturated/α-hetero) is 1. The van der Waals surface area contributed by atoms with Crippen molar-refractivity contribution in [2.24, 2.45) is 11.3 Å². The SMILES string of the molecule is CC1(C)CC(=O)c2c(CC3CC3)nn(-c3ccc4c(N)ncnc4c3)c2C1. The standard InChI is InChI=1S/C21H23N5O/c1-21(2)9-17-19(18(27)10-21)16(7-12-3-4-12)25-26(17)13-5-6-14-15(8-13)23-11-24-20(14)22/h5-6,8,11-12H,3-4,7,9-10H2,1-2H3,(H2,22,23,24). The molecule has 1 saturated carbocycles. The summed E-state index contributed by atoms with van der Waals surface area (Å²) in [7, 11) is 0. The lowest BCUT2D eigenvalue weighted by atomic mass is 9.75. The normalized spacial score (nSPS) is 18.7. The number of carbonyl (C=O) groups is 1. The smallest absolute Gasteiger partial charge is 0.167 e. The Hall–Kier alpha value is -2.76. The molecule has 0 saturated heterocycles. The summed E-state index contributed by atoms with van der Waals surface area (Å²) in [5.74, 6) is 1.39. The van der Waals surface area contributed by atoms with Gasteiger partial charge in [-0.2, -0.15) is 5.10 Å². The second kappa shape index (κ2) is 5.62. The Kier molecular flexibility index (Phi) is 3.41. The van der Waals surface area contributed by atoms with Gasteiger partial charge >= 0.3 is 0 Å². The van der Waals surface area contributed by atoms with Gasteiger partial charge in [0.15, 0.2) is 5.78 Å². The fourth-order valence-electron chi connectivity index (χ4n) is 4.18. The van der Waals surface area contributed by atoms with Crippen LogP contribution in [0.1, 0.15) is 54.9 Å². The van der Waals surface area contributed by atoms with Crippen LogP contribution in [-0.2, 0) is 12.8 Å². The number of hydrogen-bond donors (Lipinski definition) is 1. The number of benzene rings is 1. The Bertz CT molecular complexity index is 1080. The Morgan fingerprint density at radius 2 is 2.04 bits per heavy atom. The van der Waals surface area contributed by atoms with Crippen LogP contribution in [0, 0.1) is 11.3 Å². The monoisotopic (exact) mass is 361 g/mol. The number of nitrogen functional groups attached to an aromatic ring is 1. The van der Waals surface area contributed by atoms with Crippen LogP contribution in [0.5, 0.6) is 0 Å². The van der Waals surface area contributed by atoms with E-state index < -0.39 is 0 Å². The van der Waals surface area contributed by atoms with Crippen molar-refractivity contribution in [1.82, 2.24) is 19.7 Å². The lowest BCUT2D eigenvalue weighted by Crippen LogP contribution is -2.28. The Morgan fingerprint density at radius 3 is 2.81 bits per heavy atom. The Balaban J connectivity index is 1.69. The third kappa shape index (κ3) is 2.80. The van der Waals surface area contributed by atoms with E-state index in [4.69, 9.17) is 10.8 Å². The first-order valence-electron chi connectivity index (χ1n) is 9.56.